The number of amides is 2. The van der Waals surface area contributed by atoms with Gasteiger partial charge in [-0.15, -0.1) is 0 Å². The highest BCUT2D eigenvalue weighted by Gasteiger charge is 2.08. The molecule has 25 heavy (non-hydrogen) atoms. The molecule has 2 N–H and O–H groups in total. The van der Waals surface area contributed by atoms with Crippen LogP contribution in [0.4, 0.5) is 10.1 Å². The van der Waals surface area contributed by atoms with Crippen LogP contribution in [-0.2, 0) is 11.2 Å². The monoisotopic (exact) mass is 344 g/mol. The average molecular weight is 344 g/mol. The van der Waals surface area contributed by atoms with E-state index < -0.39 is 5.82 Å². The van der Waals surface area contributed by atoms with Crippen molar-refractivity contribution in [2.75, 3.05) is 18.5 Å². The second-order valence-electron chi connectivity index (χ2n) is 5.46. The second-order valence-corrected chi connectivity index (χ2v) is 5.46. The Morgan fingerprint density at radius 2 is 1.96 bits per heavy atom. The van der Waals surface area contributed by atoms with Gasteiger partial charge in [0.25, 0.3) is 5.91 Å². The molecule has 0 atom stereocenters. The summed E-state index contributed by atoms with van der Waals surface area (Å²) < 4.78 is 18.6. The van der Waals surface area contributed by atoms with Gasteiger partial charge in [-0.05, 0) is 49.2 Å². The smallest absolute Gasteiger partial charge is 0.251 e. The first kappa shape index (κ1) is 18.4. The first-order valence-corrected chi connectivity index (χ1v) is 8.06. The van der Waals surface area contributed by atoms with Crippen molar-refractivity contribution in [2.24, 2.45) is 0 Å². The molecule has 2 aromatic carbocycles. The van der Waals surface area contributed by atoms with Crippen LogP contribution in [0.25, 0.3) is 0 Å². The fourth-order valence-corrected chi connectivity index (χ4v) is 2.35. The third kappa shape index (κ3) is 5.60. The summed E-state index contributed by atoms with van der Waals surface area (Å²) in [4.78, 5) is 23.3. The lowest BCUT2D eigenvalue weighted by Gasteiger charge is -2.13. The summed E-state index contributed by atoms with van der Waals surface area (Å²) in [5.74, 6) is -0.352. The molecular weight excluding hydrogens is 323 g/mol. The van der Waals surface area contributed by atoms with E-state index in [-0.39, 0.29) is 17.4 Å². The van der Waals surface area contributed by atoms with Gasteiger partial charge < -0.3 is 15.4 Å². The highest BCUT2D eigenvalue weighted by Crippen LogP contribution is 2.26. The molecule has 0 unspecified atom stereocenters. The first-order valence-electron chi connectivity index (χ1n) is 8.06. The Balaban J connectivity index is 1.98. The van der Waals surface area contributed by atoms with Crippen molar-refractivity contribution in [3.8, 4) is 5.75 Å². The molecule has 5 nitrogen and oxygen atoms in total. The van der Waals surface area contributed by atoms with E-state index in [0.29, 0.717) is 31.0 Å². The summed E-state index contributed by atoms with van der Waals surface area (Å²) in [5, 5.41) is 5.49. The van der Waals surface area contributed by atoms with Crippen molar-refractivity contribution in [1.29, 1.82) is 0 Å². The molecule has 132 valence electrons. The molecule has 6 heteroatoms. The summed E-state index contributed by atoms with van der Waals surface area (Å²) in [6, 6.07) is 11.0. The van der Waals surface area contributed by atoms with Crippen molar-refractivity contribution in [1.82, 2.24) is 5.32 Å². The largest absolute Gasteiger partial charge is 0.492 e. The summed E-state index contributed by atoms with van der Waals surface area (Å²) in [6.07, 6.45) is 0.569. The van der Waals surface area contributed by atoms with E-state index in [9.17, 15) is 14.0 Å². The minimum atomic E-state index is -0.445. The predicted molar refractivity (Wildman–Crippen MR) is 94.4 cm³/mol. The molecule has 0 spiro atoms. The van der Waals surface area contributed by atoms with E-state index in [1.54, 1.807) is 12.1 Å². The Kier molecular flexibility index (Phi) is 6.51. The maximum Gasteiger partial charge on any atom is 0.251 e. The molecular formula is C19H21FN2O3. The SMILES string of the molecule is CCOc1ccc(CCNC(=O)c2cccc(F)c2)cc1NC(C)=O. The zero-order chi connectivity index (χ0) is 18.2. The van der Waals surface area contributed by atoms with Crippen LogP contribution in [0.3, 0.4) is 0 Å². The number of nitrogens with one attached hydrogen (secondary N) is 2. The molecule has 0 bridgehead atoms. The van der Waals surface area contributed by atoms with Crippen molar-refractivity contribution >= 4 is 17.5 Å². The van der Waals surface area contributed by atoms with Crippen LogP contribution < -0.4 is 15.4 Å². The van der Waals surface area contributed by atoms with Crippen LogP contribution in [0.15, 0.2) is 42.5 Å². The Hall–Kier alpha value is -2.89. The minimum absolute atomic E-state index is 0.183. The Morgan fingerprint density at radius 3 is 2.64 bits per heavy atom. The van der Waals surface area contributed by atoms with Gasteiger partial charge in [-0.1, -0.05) is 12.1 Å². The van der Waals surface area contributed by atoms with E-state index in [2.05, 4.69) is 10.6 Å². The number of halogens is 1. The van der Waals surface area contributed by atoms with Gasteiger partial charge in [0, 0.05) is 19.0 Å². The van der Waals surface area contributed by atoms with E-state index in [1.165, 1.54) is 25.1 Å². The molecule has 2 aromatic rings. The molecule has 2 amide bonds. The third-order valence-electron chi connectivity index (χ3n) is 3.44. The van der Waals surface area contributed by atoms with E-state index >= 15 is 0 Å². The number of carbonyl (C=O) groups excluding carboxylic acids is 2. The minimum Gasteiger partial charge on any atom is -0.492 e. The lowest BCUT2D eigenvalue weighted by molar-refractivity contribution is -0.114. The van der Waals surface area contributed by atoms with Gasteiger partial charge in [0.2, 0.25) is 5.91 Å². The molecule has 2 rings (SSSR count). The van der Waals surface area contributed by atoms with Gasteiger partial charge in [-0.25, -0.2) is 4.39 Å². The van der Waals surface area contributed by atoms with Crippen LogP contribution in [0, 0.1) is 5.82 Å². The van der Waals surface area contributed by atoms with Crippen LogP contribution in [0.5, 0.6) is 5.75 Å². The number of anilines is 1. The molecule has 0 fully saturated rings. The highest BCUT2D eigenvalue weighted by molar-refractivity contribution is 5.94. The van der Waals surface area contributed by atoms with Crippen LogP contribution >= 0.6 is 0 Å². The number of hydrogen-bond acceptors (Lipinski definition) is 3. The van der Waals surface area contributed by atoms with Gasteiger partial charge in [0.15, 0.2) is 0 Å². The van der Waals surface area contributed by atoms with Crippen molar-refractivity contribution in [2.45, 2.75) is 20.3 Å². The molecule has 0 aliphatic rings. The number of carbonyl (C=O) groups is 2. The lowest BCUT2D eigenvalue weighted by Crippen LogP contribution is -2.25. The number of rotatable bonds is 7. The molecule has 0 saturated carbocycles. The Bertz CT molecular complexity index is 762. The fraction of sp³-hybridized carbons (Fsp3) is 0.263. The zero-order valence-corrected chi connectivity index (χ0v) is 14.3. The van der Waals surface area contributed by atoms with Gasteiger partial charge in [0.05, 0.1) is 12.3 Å². The Morgan fingerprint density at radius 1 is 1.16 bits per heavy atom. The number of hydrogen-bond donors (Lipinski definition) is 2. The molecule has 0 aromatic heterocycles. The fourth-order valence-electron chi connectivity index (χ4n) is 2.35. The maximum absolute atomic E-state index is 13.1. The van der Waals surface area contributed by atoms with E-state index in [0.717, 1.165) is 5.56 Å². The third-order valence-corrected chi connectivity index (χ3v) is 3.44. The highest BCUT2D eigenvalue weighted by atomic mass is 19.1. The van der Waals surface area contributed by atoms with Crippen LogP contribution in [0.2, 0.25) is 0 Å². The molecule has 0 heterocycles. The normalized spacial score (nSPS) is 10.2. The predicted octanol–water partition coefficient (Wildman–Crippen LogP) is 3.16. The summed E-state index contributed by atoms with van der Waals surface area (Å²) in [6.45, 7) is 4.19. The van der Waals surface area contributed by atoms with Crippen molar-refractivity contribution in [3.05, 3.63) is 59.4 Å². The summed E-state index contributed by atoms with van der Waals surface area (Å²) in [7, 11) is 0. The van der Waals surface area contributed by atoms with Crippen molar-refractivity contribution in [3.63, 3.8) is 0 Å². The van der Waals surface area contributed by atoms with Crippen molar-refractivity contribution < 1.29 is 18.7 Å². The van der Waals surface area contributed by atoms with E-state index in [1.807, 2.05) is 19.1 Å². The van der Waals surface area contributed by atoms with Gasteiger partial charge in [-0.2, -0.15) is 0 Å². The molecule has 0 saturated heterocycles. The standard InChI is InChI=1S/C19H21FN2O3/c1-3-25-18-8-7-14(11-17(18)22-13(2)23)9-10-21-19(24)15-5-4-6-16(20)12-15/h4-8,11-12H,3,9-10H2,1-2H3,(H,21,24)(H,22,23). The van der Waals surface area contributed by atoms with E-state index in [4.69, 9.17) is 4.74 Å². The maximum atomic E-state index is 13.1. The topological polar surface area (TPSA) is 67.4 Å². The van der Waals surface area contributed by atoms with Crippen LogP contribution in [0.1, 0.15) is 29.8 Å². The Labute approximate surface area is 146 Å². The number of benzene rings is 2. The van der Waals surface area contributed by atoms with Gasteiger partial charge >= 0.3 is 0 Å². The summed E-state index contributed by atoms with van der Waals surface area (Å²) >= 11 is 0. The zero-order valence-electron chi connectivity index (χ0n) is 14.3. The van der Waals surface area contributed by atoms with Crippen LogP contribution in [-0.4, -0.2) is 25.0 Å². The second kappa shape index (κ2) is 8.82. The summed E-state index contributed by atoms with van der Waals surface area (Å²) in [5.41, 5.74) is 1.82. The first-order chi connectivity index (χ1) is 12.0. The molecule has 0 aliphatic carbocycles. The quantitative estimate of drug-likeness (QED) is 0.811. The van der Waals surface area contributed by atoms with Gasteiger partial charge in [0.1, 0.15) is 11.6 Å². The lowest BCUT2D eigenvalue weighted by atomic mass is 10.1. The van der Waals surface area contributed by atoms with Gasteiger partial charge in [-0.3, -0.25) is 9.59 Å². The molecule has 0 radical (unpaired) electrons. The number of ether oxygens (including phenoxy) is 1. The average Bonchev–Trinajstić information content (AvgIpc) is 2.56. The molecule has 0 aliphatic heterocycles.